The van der Waals surface area contributed by atoms with Crippen LogP contribution in [0.4, 0.5) is 28.0 Å². The summed E-state index contributed by atoms with van der Waals surface area (Å²) < 4.78 is 53.3. The topological polar surface area (TPSA) is 62.4 Å². The maximum atomic E-state index is 13.5. The highest BCUT2D eigenvalue weighted by Gasteiger charge is 2.31. The molecule has 122 valence electrons. The van der Waals surface area contributed by atoms with Crippen molar-refractivity contribution in [2.24, 2.45) is 0 Å². The van der Waals surface area contributed by atoms with Gasteiger partial charge in [-0.25, -0.2) is 9.18 Å². The highest BCUT2D eigenvalue weighted by Crippen LogP contribution is 2.23. The first-order chi connectivity index (χ1) is 10.3. The van der Waals surface area contributed by atoms with Crippen molar-refractivity contribution in [3.8, 4) is 5.75 Å². The summed E-state index contributed by atoms with van der Waals surface area (Å²) in [4.78, 5) is 11.7. The van der Waals surface area contributed by atoms with Crippen molar-refractivity contribution in [1.82, 2.24) is 10.6 Å². The molecule has 0 saturated carbocycles. The Morgan fingerprint density at radius 1 is 1.27 bits per heavy atom. The molecule has 1 aromatic rings. The molecule has 2 amide bonds. The predicted molar refractivity (Wildman–Crippen MR) is 71.5 cm³/mol. The second-order valence-electron chi connectivity index (χ2n) is 4.79. The van der Waals surface area contributed by atoms with Crippen LogP contribution < -0.4 is 20.7 Å². The number of halogens is 4. The number of hydrogen-bond donors (Lipinski definition) is 3. The summed E-state index contributed by atoms with van der Waals surface area (Å²) >= 11 is 0. The number of ether oxygens (including phenoxy) is 1. The van der Waals surface area contributed by atoms with Gasteiger partial charge in [0.1, 0.15) is 11.9 Å². The molecular weight excluding hydrogens is 306 g/mol. The van der Waals surface area contributed by atoms with E-state index in [1.807, 2.05) is 0 Å². The Bertz CT molecular complexity index is 507. The smallest absolute Gasteiger partial charge is 0.406 e. The van der Waals surface area contributed by atoms with Crippen LogP contribution >= 0.6 is 0 Å². The van der Waals surface area contributed by atoms with Gasteiger partial charge in [0.2, 0.25) is 0 Å². The molecule has 0 aromatic heterocycles. The van der Waals surface area contributed by atoms with E-state index in [-0.39, 0.29) is 18.0 Å². The van der Waals surface area contributed by atoms with E-state index in [0.29, 0.717) is 13.0 Å². The molecule has 2 atom stereocenters. The van der Waals surface area contributed by atoms with Crippen molar-refractivity contribution in [2.45, 2.75) is 25.0 Å². The summed E-state index contributed by atoms with van der Waals surface area (Å²) in [6.07, 6.45) is -5.48. The molecule has 9 heteroatoms. The lowest BCUT2D eigenvalue weighted by Gasteiger charge is -2.27. The van der Waals surface area contributed by atoms with E-state index in [0.717, 1.165) is 12.1 Å². The molecule has 0 radical (unpaired) electrons. The van der Waals surface area contributed by atoms with Crippen LogP contribution in [0.15, 0.2) is 24.3 Å². The zero-order chi connectivity index (χ0) is 16.2. The number of alkyl halides is 4. The average molecular weight is 321 g/mol. The van der Waals surface area contributed by atoms with Gasteiger partial charge in [-0.05, 0) is 37.2 Å². The van der Waals surface area contributed by atoms with Crippen LogP contribution in [0.1, 0.15) is 6.42 Å². The number of benzene rings is 1. The SMILES string of the molecule is O=C(Nc1ccc(OC(F)(F)F)cc1)N[C@H]1CCNC[C@H]1F. The van der Waals surface area contributed by atoms with Crippen LogP contribution in [0.2, 0.25) is 0 Å². The summed E-state index contributed by atoms with van der Waals surface area (Å²) in [5, 5.41) is 7.78. The molecule has 22 heavy (non-hydrogen) atoms. The first-order valence-corrected chi connectivity index (χ1v) is 6.61. The second kappa shape index (κ2) is 6.82. The molecule has 0 aliphatic carbocycles. The highest BCUT2D eigenvalue weighted by atomic mass is 19.4. The van der Waals surface area contributed by atoms with Crippen LogP contribution in [0.5, 0.6) is 5.75 Å². The number of nitrogens with one attached hydrogen (secondary N) is 3. The fourth-order valence-electron chi connectivity index (χ4n) is 2.06. The van der Waals surface area contributed by atoms with Gasteiger partial charge in [0.15, 0.2) is 0 Å². The zero-order valence-electron chi connectivity index (χ0n) is 11.4. The third kappa shape index (κ3) is 5.06. The molecule has 1 aliphatic heterocycles. The van der Waals surface area contributed by atoms with Crippen molar-refractivity contribution < 1.29 is 27.1 Å². The van der Waals surface area contributed by atoms with Crippen LogP contribution in [0, 0.1) is 0 Å². The minimum atomic E-state index is -4.77. The lowest BCUT2D eigenvalue weighted by molar-refractivity contribution is -0.274. The quantitative estimate of drug-likeness (QED) is 0.749. The van der Waals surface area contributed by atoms with Crippen LogP contribution in [0.25, 0.3) is 0 Å². The third-order valence-electron chi connectivity index (χ3n) is 3.07. The molecule has 3 N–H and O–H groups in total. The Kier molecular flexibility index (Phi) is 5.07. The van der Waals surface area contributed by atoms with Gasteiger partial charge >= 0.3 is 12.4 Å². The number of urea groups is 1. The minimum absolute atomic E-state index is 0.175. The Hall–Kier alpha value is -2.03. The van der Waals surface area contributed by atoms with E-state index in [4.69, 9.17) is 0 Å². The van der Waals surface area contributed by atoms with Crippen LogP contribution in [-0.4, -0.2) is 37.7 Å². The fourth-order valence-corrected chi connectivity index (χ4v) is 2.06. The molecule has 1 fully saturated rings. The lowest BCUT2D eigenvalue weighted by atomic mass is 10.1. The maximum absolute atomic E-state index is 13.5. The van der Waals surface area contributed by atoms with Gasteiger partial charge in [0.05, 0.1) is 6.04 Å². The van der Waals surface area contributed by atoms with Crippen molar-refractivity contribution in [1.29, 1.82) is 0 Å². The summed E-state index contributed by atoms with van der Waals surface area (Å²) in [6.45, 7) is 0.781. The first kappa shape index (κ1) is 16.3. The molecule has 0 unspecified atom stereocenters. The molecule has 1 heterocycles. The van der Waals surface area contributed by atoms with Gasteiger partial charge in [-0.3, -0.25) is 0 Å². The molecule has 2 rings (SSSR count). The average Bonchev–Trinajstić information content (AvgIpc) is 2.42. The fraction of sp³-hybridized carbons (Fsp3) is 0.462. The van der Waals surface area contributed by atoms with Crippen molar-refractivity contribution >= 4 is 11.7 Å². The number of rotatable bonds is 3. The monoisotopic (exact) mass is 321 g/mol. The Morgan fingerprint density at radius 2 is 1.95 bits per heavy atom. The van der Waals surface area contributed by atoms with E-state index in [9.17, 15) is 22.4 Å². The summed E-state index contributed by atoms with van der Waals surface area (Å²) in [7, 11) is 0. The van der Waals surface area contributed by atoms with Gasteiger partial charge in [0.25, 0.3) is 0 Å². The first-order valence-electron chi connectivity index (χ1n) is 6.61. The minimum Gasteiger partial charge on any atom is -0.406 e. The molecule has 0 bridgehead atoms. The maximum Gasteiger partial charge on any atom is 0.573 e. The standard InChI is InChI=1S/C13H15F4N3O2/c14-10-7-18-6-5-11(10)20-12(21)19-8-1-3-9(4-2-8)22-13(15,16)17/h1-4,10-11,18H,5-7H2,(H2,19,20,21)/t10-,11+/m1/s1. The number of carbonyl (C=O) groups excluding carboxylic acids is 1. The lowest BCUT2D eigenvalue weighted by Crippen LogP contribution is -2.51. The molecule has 5 nitrogen and oxygen atoms in total. The predicted octanol–water partition coefficient (Wildman–Crippen LogP) is 2.41. The molecule has 1 aromatic carbocycles. The van der Waals surface area contributed by atoms with Crippen LogP contribution in [-0.2, 0) is 0 Å². The number of amides is 2. The van der Waals surface area contributed by atoms with Gasteiger partial charge in [-0.1, -0.05) is 0 Å². The number of hydrogen-bond acceptors (Lipinski definition) is 3. The van der Waals surface area contributed by atoms with Crippen LogP contribution in [0.3, 0.4) is 0 Å². The largest absolute Gasteiger partial charge is 0.573 e. The summed E-state index contributed by atoms with van der Waals surface area (Å²) in [5.74, 6) is -0.388. The van der Waals surface area contributed by atoms with E-state index in [2.05, 4.69) is 20.7 Å². The normalized spacial score (nSPS) is 22.0. The van der Waals surface area contributed by atoms with E-state index in [1.165, 1.54) is 12.1 Å². The van der Waals surface area contributed by atoms with E-state index in [1.54, 1.807) is 0 Å². The molecule has 1 aliphatic rings. The van der Waals surface area contributed by atoms with Crippen molar-refractivity contribution in [3.05, 3.63) is 24.3 Å². The van der Waals surface area contributed by atoms with Gasteiger partial charge in [-0.2, -0.15) is 0 Å². The van der Waals surface area contributed by atoms with Crippen molar-refractivity contribution in [3.63, 3.8) is 0 Å². The molecule has 0 spiro atoms. The highest BCUT2D eigenvalue weighted by molar-refractivity contribution is 5.89. The summed E-state index contributed by atoms with van der Waals surface area (Å²) in [6, 6.07) is 3.47. The van der Waals surface area contributed by atoms with E-state index < -0.39 is 24.6 Å². The van der Waals surface area contributed by atoms with Gasteiger partial charge in [0, 0.05) is 12.2 Å². The number of piperidine rings is 1. The number of carbonyl (C=O) groups is 1. The summed E-state index contributed by atoms with van der Waals surface area (Å²) in [5.41, 5.74) is 0.274. The Labute approximate surface area is 124 Å². The molecular formula is C13H15F4N3O2. The third-order valence-corrected chi connectivity index (χ3v) is 3.07. The van der Waals surface area contributed by atoms with Crippen molar-refractivity contribution in [2.75, 3.05) is 18.4 Å². The zero-order valence-corrected chi connectivity index (χ0v) is 11.4. The second-order valence-corrected chi connectivity index (χ2v) is 4.79. The van der Waals surface area contributed by atoms with E-state index >= 15 is 0 Å². The number of anilines is 1. The Balaban J connectivity index is 1.86. The van der Waals surface area contributed by atoms with Gasteiger partial charge < -0.3 is 20.7 Å². The molecule has 1 saturated heterocycles. The Morgan fingerprint density at radius 3 is 2.55 bits per heavy atom. The van der Waals surface area contributed by atoms with Gasteiger partial charge in [-0.15, -0.1) is 13.2 Å².